The molecule has 1 N–H and O–H groups in total. The van der Waals surface area contributed by atoms with Crippen LogP contribution in [0.4, 0.5) is 0 Å². The summed E-state index contributed by atoms with van der Waals surface area (Å²) in [7, 11) is 0. The summed E-state index contributed by atoms with van der Waals surface area (Å²) < 4.78 is 1.81. The van der Waals surface area contributed by atoms with Gasteiger partial charge in [0.05, 0.1) is 12.1 Å². The van der Waals surface area contributed by atoms with Crippen molar-refractivity contribution in [3.63, 3.8) is 0 Å². The van der Waals surface area contributed by atoms with Gasteiger partial charge in [-0.05, 0) is 42.4 Å². The number of hydrogen-bond donors (Lipinski definition) is 1. The Morgan fingerprint density at radius 1 is 1.37 bits per heavy atom. The second kappa shape index (κ2) is 4.88. The molecule has 1 aromatic heterocycles. The Morgan fingerprint density at radius 2 is 2.16 bits per heavy atom. The van der Waals surface area contributed by atoms with Gasteiger partial charge in [-0.3, -0.25) is 4.79 Å². The Balaban J connectivity index is 2.00. The number of para-hydroxylation sites is 1. The number of rotatable bonds is 5. The van der Waals surface area contributed by atoms with E-state index in [9.17, 15) is 4.79 Å². The first kappa shape index (κ1) is 12.0. The van der Waals surface area contributed by atoms with E-state index < -0.39 is 5.97 Å². The number of aliphatic carboxylic acids is 1. The monoisotopic (exact) mass is 256 g/mol. The molecular formula is C15H16N2O2. The van der Waals surface area contributed by atoms with Crippen LogP contribution in [0.25, 0.3) is 5.69 Å². The van der Waals surface area contributed by atoms with Gasteiger partial charge in [0.25, 0.3) is 0 Å². The summed E-state index contributed by atoms with van der Waals surface area (Å²) in [4.78, 5) is 11.1. The van der Waals surface area contributed by atoms with Gasteiger partial charge in [0.1, 0.15) is 0 Å². The summed E-state index contributed by atoms with van der Waals surface area (Å²) in [6, 6.07) is 9.84. The third kappa shape index (κ3) is 2.52. The summed E-state index contributed by atoms with van der Waals surface area (Å²) in [6.07, 6.45) is 6.09. The average molecular weight is 256 g/mol. The predicted molar refractivity (Wildman–Crippen MR) is 71.3 cm³/mol. The van der Waals surface area contributed by atoms with E-state index in [2.05, 4.69) is 5.10 Å². The van der Waals surface area contributed by atoms with Crippen LogP contribution in [0.3, 0.4) is 0 Å². The second-order valence-electron chi connectivity index (χ2n) is 5.05. The average Bonchev–Trinajstić information content (AvgIpc) is 3.10. The van der Waals surface area contributed by atoms with E-state index in [1.807, 2.05) is 41.2 Å². The lowest BCUT2D eigenvalue weighted by atomic mass is 9.90. The predicted octanol–water partition coefficient (Wildman–Crippen LogP) is 2.84. The Bertz CT molecular complexity index is 574. The van der Waals surface area contributed by atoms with Crippen molar-refractivity contribution in [2.45, 2.75) is 25.2 Å². The van der Waals surface area contributed by atoms with Crippen LogP contribution in [0.1, 0.15) is 30.7 Å². The smallest absolute Gasteiger partial charge is 0.303 e. The Morgan fingerprint density at radius 3 is 2.79 bits per heavy atom. The van der Waals surface area contributed by atoms with E-state index in [-0.39, 0.29) is 12.3 Å². The van der Waals surface area contributed by atoms with E-state index in [1.165, 1.54) is 0 Å². The molecule has 1 aliphatic carbocycles. The van der Waals surface area contributed by atoms with Crippen molar-refractivity contribution < 1.29 is 9.90 Å². The van der Waals surface area contributed by atoms with E-state index in [1.54, 1.807) is 6.20 Å². The van der Waals surface area contributed by atoms with Gasteiger partial charge in [-0.1, -0.05) is 18.2 Å². The molecule has 1 aliphatic rings. The maximum Gasteiger partial charge on any atom is 0.303 e. The molecule has 1 heterocycles. The highest BCUT2D eigenvalue weighted by atomic mass is 16.4. The van der Waals surface area contributed by atoms with Crippen molar-refractivity contribution in [2.24, 2.45) is 5.92 Å². The molecule has 0 amide bonds. The van der Waals surface area contributed by atoms with Crippen molar-refractivity contribution in [3.8, 4) is 5.69 Å². The Labute approximate surface area is 111 Å². The largest absolute Gasteiger partial charge is 0.481 e. The maximum absolute atomic E-state index is 11.1. The van der Waals surface area contributed by atoms with Crippen LogP contribution >= 0.6 is 0 Å². The highest BCUT2D eigenvalue weighted by Crippen LogP contribution is 2.45. The van der Waals surface area contributed by atoms with Gasteiger partial charge in [0, 0.05) is 12.4 Å². The molecule has 1 atom stereocenters. The van der Waals surface area contributed by atoms with Crippen molar-refractivity contribution >= 4 is 5.97 Å². The molecule has 1 aromatic carbocycles. The number of aromatic nitrogens is 2. The summed E-state index contributed by atoms with van der Waals surface area (Å²) in [5.41, 5.74) is 2.08. The lowest BCUT2D eigenvalue weighted by molar-refractivity contribution is -0.137. The molecule has 1 saturated carbocycles. The van der Waals surface area contributed by atoms with Gasteiger partial charge < -0.3 is 5.11 Å². The van der Waals surface area contributed by atoms with Crippen LogP contribution in [0.2, 0.25) is 0 Å². The van der Waals surface area contributed by atoms with Crippen LogP contribution < -0.4 is 0 Å². The fourth-order valence-electron chi connectivity index (χ4n) is 2.64. The minimum absolute atomic E-state index is 0.0953. The second-order valence-corrected chi connectivity index (χ2v) is 5.05. The zero-order valence-corrected chi connectivity index (χ0v) is 10.6. The zero-order chi connectivity index (χ0) is 13.2. The van der Waals surface area contributed by atoms with Gasteiger partial charge in [0.2, 0.25) is 0 Å². The van der Waals surface area contributed by atoms with E-state index in [4.69, 9.17) is 5.11 Å². The first-order valence-electron chi connectivity index (χ1n) is 6.56. The lowest BCUT2D eigenvalue weighted by Gasteiger charge is -2.18. The molecule has 1 unspecified atom stereocenters. The molecule has 0 saturated heterocycles. The molecule has 0 spiro atoms. The third-order valence-electron chi connectivity index (χ3n) is 3.67. The van der Waals surface area contributed by atoms with E-state index in [0.29, 0.717) is 5.92 Å². The number of hydrogen-bond acceptors (Lipinski definition) is 2. The van der Waals surface area contributed by atoms with Gasteiger partial charge in [-0.2, -0.15) is 5.10 Å². The fraction of sp³-hybridized carbons (Fsp3) is 0.333. The summed E-state index contributed by atoms with van der Waals surface area (Å²) in [5, 5.41) is 13.4. The van der Waals surface area contributed by atoms with Crippen molar-refractivity contribution in [3.05, 3.63) is 48.3 Å². The zero-order valence-electron chi connectivity index (χ0n) is 10.6. The molecule has 0 bridgehead atoms. The normalized spacial score (nSPS) is 16.2. The van der Waals surface area contributed by atoms with Crippen LogP contribution in [0.5, 0.6) is 0 Å². The fourth-order valence-corrected chi connectivity index (χ4v) is 2.64. The summed E-state index contributed by atoms with van der Waals surface area (Å²) in [6.45, 7) is 0. The molecule has 4 nitrogen and oxygen atoms in total. The molecule has 98 valence electrons. The molecular weight excluding hydrogens is 240 g/mol. The van der Waals surface area contributed by atoms with Gasteiger partial charge in [0.15, 0.2) is 0 Å². The van der Waals surface area contributed by atoms with Crippen LogP contribution in [-0.4, -0.2) is 20.9 Å². The first-order chi connectivity index (χ1) is 9.25. The number of benzene rings is 1. The molecule has 0 aliphatic heterocycles. The number of carboxylic acid groups (broad SMARTS) is 1. The van der Waals surface area contributed by atoms with E-state index >= 15 is 0 Å². The molecule has 2 aromatic rings. The quantitative estimate of drug-likeness (QED) is 0.895. The van der Waals surface area contributed by atoms with Gasteiger partial charge in [-0.25, -0.2) is 4.68 Å². The van der Waals surface area contributed by atoms with Crippen LogP contribution in [0, 0.1) is 5.92 Å². The minimum Gasteiger partial charge on any atom is -0.481 e. The van der Waals surface area contributed by atoms with Crippen molar-refractivity contribution in [1.29, 1.82) is 0 Å². The van der Waals surface area contributed by atoms with Crippen molar-refractivity contribution in [1.82, 2.24) is 9.78 Å². The highest BCUT2D eigenvalue weighted by molar-refractivity contribution is 5.68. The molecule has 19 heavy (non-hydrogen) atoms. The summed E-state index contributed by atoms with van der Waals surface area (Å²) >= 11 is 0. The summed E-state index contributed by atoms with van der Waals surface area (Å²) in [5.74, 6) is -0.127. The topological polar surface area (TPSA) is 55.1 Å². The molecule has 1 fully saturated rings. The Kier molecular flexibility index (Phi) is 3.07. The van der Waals surface area contributed by atoms with Gasteiger partial charge in [-0.15, -0.1) is 0 Å². The number of nitrogens with zero attached hydrogens (tertiary/aromatic N) is 2. The van der Waals surface area contributed by atoms with Crippen molar-refractivity contribution in [2.75, 3.05) is 0 Å². The number of carbonyl (C=O) groups is 1. The van der Waals surface area contributed by atoms with Crippen LogP contribution in [-0.2, 0) is 4.79 Å². The Hall–Kier alpha value is -2.10. The molecule has 4 heteroatoms. The minimum atomic E-state index is -0.729. The molecule has 3 rings (SSSR count). The highest BCUT2D eigenvalue weighted by Gasteiger charge is 2.35. The SMILES string of the molecule is O=C(O)CC(c1ccccc1-n1cccn1)C1CC1. The van der Waals surface area contributed by atoms with Crippen LogP contribution in [0.15, 0.2) is 42.7 Å². The number of carboxylic acids is 1. The van der Waals surface area contributed by atoms with Gasteiger partial charge >= 0.3 is 5.97 Å². The lowest BCUT2D eigenvalue weighted by Crippen LogP contribution is -2.11. The maximum atomic E-state index is 11.1. The first-order valence-corrected chi connectivity index (χ1v) is 6.56. The van der Waals surface area contributed by atoms with E-state index in [0.717, 1.165) is 24.1 Å². The standard InChI is InChI=1S/C15H16N2O2/c18-15(19)10-13(11-6-7-11)12-4-1-2-5-14(12)17-9-3-8-16-17/h1-5,8-9,11,13H,6-7,10H2,(H,18,19). The molecule has 0 radical (unpaired) electrons. The third-order valence-corrected chi connectivity index (χ3v) is 3.67.